The fourth-order valence-corrected chi connectivity index (χ4v) is 0.980. The largest absolute Gasteiger partial charge is 0.460 e. The van der Waals surface area contributed by atoms with Crippen LogP contribution in [0.5, 0.6) is 0 Å². The first-order valence-corrected chi connectivity index (χ1v) is 4.60. The van der Waals surface area contributed by atoms with E-state index >= 15 is 0 Å². The van der Waals surface area contributed by atoms with Gasteiger partial charge in [-0.3, -0.25) is 9.59 Å². The average Bonchev–Trinajstić information content (AvgIpc) is 1.77. The molecule has 0 aliphatic carbocycles. The Bertz CT molecular complexity index is 215. The van der Waals surface area contributed by atoms with Crippen LogP contribution in [0.15, 0.2) is 0 Å². The lowest BCUT2D eigenvalue weighted by Gasteiger charge is -2.20. The Morgan fingerprint density at radius 3 is 2.14 bits per heavy atom. The van der Waals surface area contributed by atoms with Crippen molar-refractivity contribution in [2.24, 2.45) is 0 Å². The van der Waals surface area contributed by atoms with Gasteiger partial charge in [-0.15, -0.1) is 0 Å². The van der Waals surface area contributed by atoms with Gasteiger partial charge in [0.15, 0.2) is 0 Å². The second-order valence-electron chi connectivity index (χ2n) is 4.35. The fraction of sp³-hybridized carbons (Fsp3) is 0.800. The number of esters is 1. The minimum absolute atomic E-state index is 0.000751. The first kappa shape index (κ1) is 13.1. The molecule has 0 saturated heterocycles. The molecule has 0 aromatic heterocycles. The van der Waals surface area contributed by atoms with Crippen LogP contribution in [-0.4, -0.2) is 28.6 Å². The van der Waals surface area contributed by atoms with Crippen LogP contribution in [0, 0.1) is 0 Å². The van der Waals surface area contributed by atoms with Gasteiger partial charge in [0.05, 0.1) is 12.5 Å². The molecule has 82 valence electrons. The minimum atomic E-state index is -0.928. The maximum atomic E-state index is 11.2. The number of carbonyl (C=O) groups excluding carboxylic acids is 2. The van der Waals surface area contributed by atoms with E-state index in [0.717, 1.165) is 0 Å². The molecule has 1 atom stereocenters. The molecule has 0 spiro atoms. The van der Waals surface area contributed by atoms with Crippen LogP contribution >= 0.6 is 0 Å². The molecule has 0 fully saturated rings. The molecule has 1 unspecified atom stereocenters. The van der Waals surface area contributed by atoms with E-state index < -0.39 is 17.7 Å². The van der Waals surface area contributed by atoms with E-state index in [0.29, 0.717) is 0 Å². The molecule has 0 aromatic carbocycles. The van der Waals surface area contributed by atoms with Gasteiger partial charge in [-0.25, -0.2) is 0 Å². The first-order valence-electron chi connectivity index (χ1n) is 4.60. The van der Waals surface area contributed by atoms with E-state index in [1.54, 1.807) is 20.8 Å². The maximum absolute atomic E-state index is 11.2. The van der Waals surface area contributed by atoms with E-state index in [1.165, 1.54) is 6.92 Å². The number of hydrogen-bond acceptors (Lipinski definition) is 4. The molecule has 14 heavy (non-hydrogen) atoms. The quantitative estimate of drug-likeness (QED) is 0.692. The van der Waals surface area contributed by atoms with Crippen molar-refractivity contribution in [2.45, 2.75) is 52.2 Å². The van der Waals surface area contributed by atoms with Crippen LogP contribution in [0.4, 0.5) is 0 Å². The molecule has 0 aromatic rings. The number of ether oxygens (including phenoxy) is 1. The molecule has 0 amide bonds. The Labute approximate surface area is 84.3 Å². The Balaban J connectivity index is 3.89. The number of carbonyl (C=O) groups is 2. The van der Waals surface area contributed by atoms with Crippen molar-refractivity contribution in [2.75, 3.05) is 0 Å². The van der Waals surface area contributed by atoms with Crippen molar-refractivity contribution >= 4 is 11.8 Å². The third-order valence-electron chi connectivity index (χ3n) is 1.35. The van der Waals surface area contributed by atoms with Crippen LogP contribution < -0.4 is 0 Å². The molecular formula is C10H18O4. The monoisotopic (exact) mass is 202 g/mol. The van der Waals surface area contributed by atoms with Crippen molar-refractivity contribution in [3.05, 3.63) is 0 Å². The van der Waals surface area contributed by atoms with Gasteiger partial charge in [0.1, 0.15) is 11.4 Å². The maximum Gasteiger partial charge on any atom is 0.308 e. The highest BCUT2D eigenvalue weighted by atomic mass is 16.6. The average molecular weight is 202 g/mol. The predicted molar refractivity (Wildman–Crippen MR) is 51.8 cm³/mol. The minimum Gasteiger partial charge on any atom is -0.460 e. The van der Waals surface area contributed by atoms with Crippen LogP contribution in [-0.2, 0) is 14.3 Å². The summed E-state index contributed by atoms with van der Waals surface area (Å²) in [6, 6.07) is 0. The second-order valence-corrected chi connectivity index (χ2v) is 4.35. The van der Waals surface area contributed by atoms with Gasteiger partial charge in [-0.2, -0.15) is 0 Å². The number of rotatable bonds is 4. The van der Waals surface area contributed by atoms with E-state index in [1.807, 2.05) is 0 Å². The lowest BCUT2D eigenvalue weighted by Crippen LogP contribution is -2.27. The molecule has 0 saturated carbocycles. The van der Waals surface area contributed by atoms with Crippen molar-refractivity contribution in [1.29, 1.82) is 0 Å². The van der Waals surface area contributed by atoms with Crippen LogP contribution in [0.1, 0.15) is 40.5 Å². The Kier molecular flexibility index (Phi) is 4.77. The summed E-state index contributed by atoms with van der Waals surface area (Å²) in [5.74, 6) is -0.618. The molecule has 0 aliphatic rings. The van der Waals surface area contributed by atoms with Gasteiger partial charge in [-0.1, -0.05) is 0 Å². The Hall–Kier alpha value is -0.900. The SMILES string of the molecule is CC(=O)CC(O)CC(=O)OC(C)(C)C. The highest BCUT2D eigenvalue weighted by molar-refractivity contribution is 5.77. The van der Waals surface area contributed by atoms with E-state index in [2.05, 4.69) is 0 Å². The molecule has 1 N–H and O–H groups in total. The molecule has 0 bridgehead atoms. The van der Waals surface area contributed by atoms with Gasteiger partial charge in [0.2, 0.25) is 0 Å². The summed E-state index contributed by atoms with van der Waals surface area (Å²) >= 11 is 0. The molecule has 0 radical (unpaired) electrons. The zero-order valence-electron chi connectivity index (χ0n) is 9.16. The van der Waals surface area contributed by atoms with Crippen molar-refractivity contribution in [1.82, 2.24) is 0 Å². The standard InChI is InChI=1S/C10H18O4/c1-7(11)5-8(12)6-9(13)14-10(2,3)4/h8,12H,5-6H2,1-4H3. The fourth-order valence-electron chi connectivity index (χ4n) is 0.980. The zero-order chi connectivity index (χ0) is 11.4. The Morgan fingerprint density at radius 2 is 1.79 bits per heavy atom. The predicted octanol–water partition coefficient (Wildman–Crippen LogP) is 1.06. The molecule has 0 rings (SSSR count). The highest BCUT2D eigenvalue weighted by Crippen LogP contribution is 2.10. The number of Topliss-reactive ketones (excluding diaryl/α,β-unsaturated/α-hetero) is 1. The molecule has 0 heterocycles. The number of aliphatic hydroxyl groups is 1. The van der Waals surface area contributed by atoms with Crippen molar-refractivity contribution < 1.29 is 19.4 Å². The third-order valence-corrected chi connectivity index (χ3v) is 1.35. The van der Waals surface area contributed by atoms with Crippen LogP contribution in [0.25, 0.3) is 0 Å². The molecule has 4 heteroatoms. The third kappa shape index (κ3) is 7.73. The van der Waals surface area contributed by atoms with Gasteiger partial charge in [0.25, 0.3) is 0 Å². The first-order chi connectivity index (χ1) is 6.20. The van der Waals surface area contributed by atoms with Gasteiger partial charge in [0, 0.05) is 6.42 Å². The topological polar surface area (TPSA) is 63.6 Å². The lowest BCUT2D eigenvalue weighted by molar-refractivity contribution is -0.157. The normalized spacial score (nSPS) is 13.5. The van der Waals surface area contributed by atoms with E-state index in [9.17, 15) is 14.7 Å². The lowest BCUT2D eigenvalue weighted by atomic mass is 10.1. The van der Waals surface area contributed by atoms with Gasteiger partial charge in [-0.05, 0) is 27.7 Å². The summed E-state index contributed by atoms with van der Waals surface area (Å²) in [7, 11) is 0. The second kappa shape index (κ2) is 5.10. The van der Waals surface area contributed by atoms with E-state index in [4.69, 9.17) is 4.74 Å². The van der Waals surface area contributed by atoms with Gasteiger partial charge < -0.3 is 9.84 Å². The summed E-state index contributed by atoms with van der Waals surface area (Å²) in [6.45, 7) is 6.63. The van der Waals surface area contributed by atoms with Crippen LogP contribution in [0.2, 0.25) is 0 Å². The highest BCUT2D eigenvalue weighted by Gasteiger charge is 2.19. The van der Waals surface area contributed by atoms with E-state index in [-0.39, 0.29) is 18.6 Å². The zero-order valence-corrected chi connectivity index (χ0v) is 9.16. The summed E-state index contributed by atoms with van der Waals surface area (Å²) in [5.41, 5.74) is -0.549. The summed E-state index contributed by atoms with van der Waals surface area (Å²) in [4.78, 5) is 21.8. The summed E-state index contributed by atoms with van der Waals surface area (Å²) < 4.78 is 4.98. The van der Waals surface area contributed by atoms with Crippen LogP contribution in [0.3, 0.4) is 0 Å². The van der Waals surface area contributed by atoms with Crippen molar-refractivity contribution in [3.63, 3.8) is 0 Å². The smallest absolute Gasteiger partial charge is 0.308 e. The van der Waals surface area contributed by atoms with Crippen molar-refractivity contribution in [3.8, 4) is 0 Å². The summed E-state index contributed by atoms with van der Waals surface area (Å²) in [5, 5.41) is 9.27. The summed E-state index contributed by atoms with van der Waals surface area (Å²) in [6.07, 6.45) is -1.06. The molecular weight excluding hydrogens is 184 g/mol. The number of hydrogen-bond donors (Lipinski definition) is 1. The number of ketones is 1. The van der Waals surface area contributed by atoms with Gasteiger partial charge >= 0.3 is 5.97 Å². The molecule has 0 aliphatic heterocycles. The number of aliphatic hydroxyl groups excluding tert-OH is 1. The molecule has 4 nitrogen and oxygen atoms in total. The Morgan fingerprint density at radius 1 is 1.29 bits per heavy atom.